The lowest BCUT2D eigenvalue weighted by Gasteiger charge is -2.38. The molecule has 1 unspecified atom stereocenters. The number of anilines is 2. The van der Waals surface area contributed by atoms with Crippen LogP contribution in [0.3, 0.4) is 0 Å². The molecule has 0 spiro atoms. The Bertz CT molecular complexity index is 1050. The summed E-state index contributed by atoms with van der Waals surface area (Å²) in [4.78, 5) is 19.6. The van der Waals surface area contributed by atoms with E-state index in [4.69, 9.17) is 14.5 Å². The molecule has 37 heavy (non-hydrogen) atoms. The van der Waals surface area contributed by atoms with Crippen LogP contribution in [0.4, 0.5) is 11.4 Å². The number of hydrogen-bond acceptors (Lipinski definition) is 6. The molecular formula is C31H43N3O3. The van der Waals surface area contributed by atoms with E-state index in [9.17, 15) is 4.79 Å². The molecule has 2 atom stereocenters. The minimum absolute atomic E-state index is 0.0109. The average molecular weight is 506 g/mol. The molecule has 4 rings (SSSR count). The Morgan fingerprint density at radius 2 is 1.86 bits per heavy atom. The van der Waals surface area contributed by atoms with Crippen LogP contribution in [0.15, 0.2) is 53.5 Å². The molecule has 6 nitrogen and oxygen atoms in total. The molecule has 0 bridgehead atoms. The second-order valence-corrected chi connectivity index (χ2v) is 10.8. The van der Waals surface area contributed by atoms with Gasteiger partial charge in [-0.2, -0.15) is 0 Å². The first-order chi connectivity index (χ1) is 17.9. The molecule has 1 N–H and O–H groups in total. The van der Waals surface area contributed by atoms with Crippen molar-refractivity contribution in [3.63, 3.8) is 0 Å². The Kier molecular flexibility index (Phi) is 9.48. The van der Waals surface area contributed by atoms with E-state index < -0.39 is 0 Å². The predicted molar refractivity (Wildman–Crippen MR) is 151 cm³/mol. The normalized spacial score (nSPS) is 18.7. The third kappa shape index (κ3) is 7.27. The van der Waals surface area contributed by atoms with E-state index in [1.165, 1.54) is 37.8 Å². The van der Waals surface area contributed by atoms with Gasteiger partial charge in [0.15, 0.2) is 0 Å². The van der Waals surface area contributed by atoms with Gasteiger partial charge in [-0.1, -0.05) is 76.4 Å². The molecule has 6 heteroatoms. The second-order valence-electron chi connectivity index (χ2n) is 10.8. The number of esters is 1. The Hall–Kier alpha value is -3.02. The van der Waals surface area contributed by atoms with Gasteiger partial charge in [0.1, 0.15) is 12.6 Å². The molecule has 2 aromatic rings. The largest absolute Gasteiger partial charge is 0.466 e. The minimum Gasteiger partial charge on any atom is -0.466 e. The van der Waals surface area contributed by atoms with Gasteiger partial charge in [-0.05, 0) is 54.9 Å². The molecule has 0 amide bonds. The van der Waals surface area contributed by atoms with Gasteiger partial charge in [0.05, 0.1) is 24.4 Å². The van der Waals surface area contributed by atoms with E-state index in [0.29, 0.717) is 37.6 Å². The zero-order valence-corrected chi connectivity index (χ0v) is 22.9. The molecule has 2 aromatic carbocycles. The van der Waals surface area contributed by atoms with E-state index in [1.807, 2.05) is 25.1 Å². The molecule has 200 valence electrons. The van der Waals surface area contributed by atoms with Crippen molar-refractivity contribution in [1.82, 2.24) is 0 Å². The maximum atomic E-state index is 12.2. The first kappa shape index (κ1) is 27.0. The van der Waals surface area contributed by atoms with Gasteiger partial charge in [-0.15, -0.1) is 0 Å². The fraction of sp³-hybridized carbons (Fsp3) is 0.548. The summed E-state index contributed by atoms with van der Waals surface area (Å²) in [6.45, 7) is 10.4. The molecule has 2 aliphatic rings. The van der Waals surface area contributed by atoms with Crippen molar-refractivity contribution in [3.05, 3.63) is 59.7 Å². The zero-order chi connectivity index (χ0) is 26.2. The quantitative estimate of drug-likeness (QED) is 0.350. The zero-order valence-electron chi connectivity index (χ0n) is 22.9. The number of hydrogen-bond donors (Lipinski definition) is 1. The number of ether oxygens (including phenoxy) is 2. The number of nitrogens with zero attached hydrogens (tertiary/aromatic N) is 2. The van der Waals surface area contributed by atoms with Crippen LogP contribution in [0.1, 0.15) is 89.3 Å². The summed E-state index contributed by atoms with van der Waals surface area (Å²) < 4.78 is 11.2. The molecule has 1 saturated carbocycles. The lowest BCUT2D eigenvalue weighted by atomic mass is 9.92. The van der Waals surface area contributed by atoms with Crippen molar-refractivity contribution in [2.75, 3.05) is 30.0 Å². The van der Waals surface area contributed by atoms with Crippen LogP contribution in [0.2, 0.25) is 0 Å². The maximum Gasteiger partial charge on any atom is 0.306 e. The van der Waals surface area contributed by atoms with Crippen molar-refractivity contribution in [1.29, 1.82) is 0 Å². The topological polar surface area (TPSA) is 63.2 Å². The fourth-order valence-electron chi connectivity index (χ4n) is 5.43. The molecule has 0 saturated heterocycles. The SMILES string of the molecule is CCOC(=O)CC(C)c1ccc(N(CC(C)C)C2CCCCC2)c(NC2=N[C@H](c3ccccc3)CO2)c1. The monoisotopic (exact) mass is 505 g/mol. The Morgan fingerprint density at radius 1 is 1.11 bits per heavy atom. The number of nitrogens with one attached hydrogen (secondary N) is 1. The third-order valence-electron chi connectivity index (χ3n) is 7.33. The summed E-state index contributed by atoms with van der Waals surface area (Å²) in [6.07, 6.45) is 6.70. The van der Waals surface area contributed by atoms with Crippen molar-refractivity contribution in [3.8, 4) is 0 Å². The summed E-state index contributed by atoms with van der Waals surface area (Å²) in [5.41, 5.74) is 4.43. The van der Waals surface area contributed by atoms with Gasteiger partial charge in [0.2, 0.25) is 0 Å². The van der Waals surface area contributed by atoms with Crippen LogP contribution < -0.4 is 10.2 Å². The Morgan fingerprint density at radius 3 is 2.57 bits per heavy atom. The highest BCUT2D eigenvalue weighted by Crippen LogP contribution is 2.36. The van der Waals surface area contributed by atoms with Crippen LogP contribution in [0.25, 0.3) is 0 Å². The average Bonchev–Trinajstić information content (AvgIpc) is 3.37. The van der Waals surface area contributed by atoms with Gasteiger partial charge in [-0.3, -0.25) is 4.79 Å². The van der Waals surface area contributed by atoms with Crippen molar-refractivity contribution in [2.45, 2.75) is 84.2 Å². The highest BCUT2D eigenvalue weighted by molar-refractivity contribution is 5.94. The number of amidine groups is 1. The summed E-state index contributed by atoms with van der Waals surface area (Å²) in [5.74, 6) is 0.427. The minimum atomic E-state index is -0.161. The van der Waals surface area contributed by atoms with Crippen molar-refractivity contribution < 1.29 is 14.3 Å². The van der Waals surface area contributed by atoms with Crippen molar-refractivity contribution in [2.24, 2.45) is 10.9 Å². The lowest BCUT2D eigenvalue weighted by molar-refractivity contribution is -0.143. The molecule has 1 aliphatic carbocycles. The standard InChI is InChI=1S/C31H43N3O3/c1-5-36-30(35)18-23(4)25-16-17-29(34(20-22(2)3)26-14-10-7-11-15-26)27(19-25)32-31-33-28(21-37-31)24-12-8-6-9-13-24/h6,8-9,12-13,16-17,19,22-23,26,28H,5,7,10-11,14-15,18,20-21H2,1-4H3,(H,32,33)/t23?,28-/m0/s1. The maximum absolute atomic E-state index is 12.2. The summed E-state index contributed by atoms with van der Waals surface area (Å²) in [5, 5.41) is 3.55. The molecule has 0 radical (unpaired) electrons. The summed E-state index contributed by atoms with van der Waals surface area (Å²) in [6, 6.07) is 17.9. The van der Waals surface area contributed by atoms with Crippen LogP contribution in [0, 0.1) is 5.92 Å². The number of aliphatic imine (C=N–C) groups is 1. The van der Waals surface area contributed by atoms with Gasteiger partial charge in [-0.25, -0.2) is 4.99 Å². The number of benzene rings is 2. The van der Waals surface area contributed by atoms with Crippen LogP contribution in [0.5, 0.6) is 0 Å². The molecule has 1 fully saturated rings. The molecule has 1 aliphatic heterocycles. The first-order valence-corrected chi connectivity index (χ1v) is 14.0. The molecule has 1 heterocycles. The van der Waals surface area contributed by atoms with E-state index >= 15 is 0 Å². The lowest BCUT2D eigenvalue weighted by Crippen LogP contribution is -2.40. The Balaban J connectivity index is 1.65. The Labute approximate surface area is 222 Å². The number of carbonyl (C=O) groups is 1. The molecule has 0 aromatic heterocycles. The number of carbonyl (C=O) groups excluding carboxylic acids is 1. The van der Waals surface area contributed by atoms with Gasteiger partial charge in [0, 0.05) is 12.6 Å². The predicted octanol–water partition coefficient (Wildman–Crippen LogP) is 7.08. The molecular weight excluding hydrogens is 462 g/mol. The number of rotatable bonds is 10. The van der Waals surface area contributed by atoms with E-state index in [2.05, 4.69) is 61.3 Å². The fourth-order valence-corrected chi connectivity index (χ4v) is 5.43. The van der Waals surface area contributed by atoms with Gasteiger partial charge in [0.25, 0.3) is 6.02 Å². The summed E-state index contributed by atoms with van der Waals surface area (Å²) in [7, 11) is 0. The van der Waals surface area contributed by atoms with Gasteiger partial charge >= 0.3 is 5.97 Å². The third-order valence-corrected chi connectivity index (χ3v) is 7.33. The van der Waals surface area contributed by atoms with E-state index in [-0.39, 0.29) is 17.9 Å². The highest BCUT2D eigenvalue weighted by Gasteiger charge is 2.27. The van der Waals surface area contributed by atoms with E-state index in [0.717, 1.165) is 23.4 Å². The van der Waals surface area contributed by atoms with Crippen molar-refractivity contribution >= 4 is 23.4 Å². The second kappa shape index (κ2) is 13.0. The highest BCUT2D eigenvalue weighted by atomic mass is 16.5. The van der Waals surface area contributed by atoms with Crippen LogP contribution in [-0.4, -0.2) is 37.8 Å². The first-order valence-electron chi connectivity index (χ1n) is 14.0. The van der Waals surface area contributed by atoms with Gasteiger partial charge < -0.3 is 19.7 Å². The van der Waals surface area contributed by atoms with Crippen LogP contribution in [-0.2, 0) is 14.3 Å². The smallest absolute Gasteiger partial charge is 0.306 e. The van der Waals surface area contributed by atoms with Crippen LogP contribution >= 0.6 is 0 Å². The van der Waals surface area contributed by atoms with E-state index in [1.54, 1.807) is 0 Å². The summed E-state index contributed by atoms with van der Waals surface area (Å²) >= 11 is 0.